The van der Waals surface area contributed by atoms with Crippen molar-refractivity contribution >= 4 is 34.1 Å². The summed E-state index contributed by atoms with van der Waals surface area (Å²) >= 11 is 0. The van der Waals surface area contributed by atoms with E-state index in [1.54, 1.807) is 10.4 Å². The molecule has 0 radical (unpaired) electrons. The molecular weight excluding hydrogens is 564 g/mol. The molecule has 2 unspecified atom stereocenters. The molecule has 4 N–H and O–H groups in total. The summed E-state index contributed by atoms with van der Waals surface area (Å²) in [5.74, 6) is -1.57. The van der Waals surface area contributed by atoms with Crippen molar-refractivity contribution in [2.24, 2.45) is 0 Å². The van der Waals surface area contributed by atoms with Crippen LogP contribution < -0.4 is 16.0 Å². The summed E-state index contributed by atoms with van der Waals surface area (Å²) < 4.78 is 47.8. The Bertz CT molecular complexity index is 1420. The quantitative estimate of drug-likeness (QED) is 0.278. The highest BCUT2D eigenvalue weighted by atomic mass is 32.2. The van der Waals surface area contributed by atoms with E-state index in [-0.39, 0.29) is 29.4 Å². The zero-order valence-corrected chi connectivity index (χ0v) is 24.8. The van der Waals surface area contributed by atoms with Gasteiger partial charge in [-0.3, -0.25) is 9.89 Å². The van der Waals surface area contributed by atoms with E-state index in [0.717, 1.165) is 49.0 Å². The van der Waals surface area contributed by atoms with Crippen LogP contribution in [0.5, 0.6) is 0 Å². The smallest absolute Gasteiger partial charge is 0.258 e. The number of hydrogen-bond donors (Lipinski definition) is 4. The number of carbonyl (C=O) groups excluding carboxylic acids is 1. The number of likely N-dealkylation sites (N-methyl/N-ethyl adjacent to an activating group) is 1. The first kappa shape index (κ1) is 30.1. The highest BCUT2D eigenvalue weighted by Gasteiger charge is 2.28. The predicted octanol–water partition coefficient (Wildman–Crippen LogP) is 3.97. The van der Waals surface area contributed by atoms with Crippen molar-refractivity contribution in [3.05, 3.63) is 64.9 Å². The molecule has 1 aromatic heterocycles. The predicted molar refractivity (Wildman–Crippen MR) is 159 cm³/mol. The first-order chi connectivity index (χ1) is 20.2. The molecule has 2 aliphatic rings. The van der Waals surface area contributed by atoms with Gasteiger partial charge in [-0.15, -0.1) is 0 Å². The van der Waals surface area contributed by atoms with E-state index in [1.807, 2.05) is 26.2 Å². The second kappa shape index (κ2) is 13.3. The molecule has 2 atom stereocenters. The summed E-state index contributed by atoms with van der Waals surface area (Å²) in [5, 5.41) is 17.3. The van der Waals surface area contributed by atoms with Gasteiger partial charge in [0.05, 0.1) is 10.5 Å². The fraction of sp³-hybridized carbons (Fsp3) is 0.448. The van der Waals surface area contributed by atoms with E-state index in [9.17, 15) is 17.8 Å². The van der Waals surface area contributed by atoms with Crippen molar-refractivity contribution in [2.45, 2.75) is 49.7 Å². The van der Waals surface area contributed by atoms with Crippen LogP contribution in [0, 0.1) is 11.6 Å². The Morgan fingerprint density at radius 2 is 1.93 bits per heavy atom. The zero-order chi connectivity index (χ0) is 29.8. The number of H-pyrrole nitrogens is 1. The van der Waals surface area contributed by atoms with Gasteiger partial charge >= 0.3 is 0 Å². The van der Waals surface area contributed by atoms with Crippen LogP contribution in [0.2, 0.25) is 0 Å². The van der Waals surface area contributed by atoms with Crippen molar-refractivity contribution in [1.29, 1.82) is 0 Å². The highest BCUT2D eigenvalue weighted by molar-refractivity contribution is 7.82. The number of halogens is 2. The Kier molecular flexibility index (Phi) is 9.51. The minimum Gasteiger partial charge on any atom is -0.381 e. The van der Waals surface area contributed by atoms with Crippen LogP contribution >= 0.6 is 0 Å². The van der Waals surface area contributed by atoms with Gasteiger partial charge in [-0.2, -0.15) is 5.10 Å². The van der Waals surface area contributed by atoms with E-state index in [1.165, 1.54) is 0 Å². The Morgan fingerprint density at radius 1 is 1.19 bits per heavy atom. The Balaban J connectivity index is 1.34. The third-order valence-electron chi connectivity index (χ3n) is 7.30. The monoisotopic (exact) mass is 601 g/mol. The minimum absolute atomic E-state index is 0.0439. The largest absolute Gasteiger partial charge is 0.381 e. The lowest BCUT2D eigenvalue weighted by atomic mass is 10.1. The number of carbonyl (C=O) groups is 1. The number of nitrogens with zero attached hydrogens (tertiary/aromatic N) is 3. The topological polar surface area (TPSA) is 115 Å². The molecule has 226 valence electrons. The Labute approximate surface area is 246 Å². The Morgan fingerprint density at radius 3 is 2.64 bits per heavy atom. The van der Waals surface area contributed by atoms with Crippen molar-refractivity contribution in [1.82, 2.24) is 19.4 Å². The highest BCUT2D eigenvalue weighted by Crippen LogP contribution is 2.29. The van der Waals surface area contributed by atoms with Crippen LogP contribution in [-0.4, -0.2) is 82.0 Å². The number of fused-ring (bicyclic) bond motifs is 1. The van der Waals surface area contributed by atoms with Gasteiger partial charge < -0.3 is 25.6 Å². The number of nitrogens with one attached hydrogen (secondary N) is 4. The van der Waals surface area contributed by atoms with Gasteiger partial charge in [-0.1, -0.05) is 0 Å². The standard InChI is InChI=1S/C29H37F2N7O3S/c1-18(16-37(2)3)32-22-4-5-24(27(15-22)33-21-7-10-41-11-8-21)29(39)34-28-25-17-38(9-6-26(25)35-36-28)42(40)23-13-19(30)12-20(31)14-23/h4-5,12-15,18,21,32-33H,6-11,16-17H2,1-3H3,(H2,34,35,36,39). The number of amides is 1. The fourth-order valence-electron chi connectivity index (χ4n) is 5.36. The number of rotatable bonds is 10. The van der Waals surface area contributed by atoms with Crippen LogP contribution in [-0.2, 0) is 28.7 Å². The van der Waals surface area contributed by atoms with Crippen molar-refractivity contribution in [3.63, 3.8) is 0 Å². The number of aromatic amines is 1. The molecule has 1 saturated heterocycles. The third kappa shape index (κ3) is 7.33. The molecule has 3 aromatic rings. The first-order valence-electron chi connectivity index (χ1n) is 14.1. The molecule has 0 saturated carbocycles. The number of anilines is 3. The Hall–Kier alpha value is -3.39. The van der Waals surface area contributed by atoms with Gasteiger partial charge in [0.2, 0.25) is 0 Å². The molecular formula is C29H37F2N7O3S. The normalized spacial score (nSPS) is 17.5. The molecule has 0 aliphatic carbocycles. The lowest BCUT2D eigenvalue weighted by molar-refractivity contribution is 0.0904. The molecule has 1 amide bonds. The van der Waals surface area contributed by atoms with Gasteiger partial charge in [-0.05, 0) is 64.2 Å². The number of aromatic nitrogens is 2. The number of benzene rings is 2. The zero-order valence-electron chi connectivity index (χ0n) is 24.0. The van der Waals surface area contributed by atoms with E-state index in [2.05, 4.69) is 38.0 Å². The summed E-state index contributed by atoms with van der Waals surface area (Å²) in [6.45, 7) is 4.87. The molecule has 0 spiro atoms. The molecule has 0 bridgehead atoms. The van der Waals surface area contributed by atoms with Crippen molar-refractivity contribution in [3.8, 4) is 0 Å². The van der Waals surface area contributed by atoms with E-state index in [4.69, 9.17) is 4.74 Å². The van der Waals surface area contributed by atoms with Gasteiger partial charge in [-0.25, -0.2) is 17.3 Å². The SMILES string of the molecule is CC(CN(C)C)Nc1ccc(C(=O)Nc2n[nH]c3c2CN(S(=O)c2cc(F)cc(F)c2)CC3)c(NC2CCOCC2)c1. The van der Waals surface area contributed by atoms with E-state index in [0.29, 0.717) is 48.8 Å². The van der Waals surface area contributed by atoms with Gasteiger partial charge in [0.25, 0.3) is 5.91 Å². The van der Waals surface area contributed by atoms with Gasteiger partial charge in [0.1, 0.15) is 22.6 Å². The molecule has 5 rings (SSSR count). The van der Waals surface area contributed by atoms with Crippen LogP contribution in [0.15, 0.2) is 41.3 Å². The molecule has 42 heavy (non-hydrogen) atoms. The number of hydrogen-bond acceptors (Lipinski definition) is 7. The molecule has 3 heterocycles. The fourth-order valence-corrected chi connectivity index (χ4v) is 6.59. The van der Waals surface area contributed by atoms with Crippen LogP contribution in [0.3, 0.4) is 0 Å². The lowest BCUT2D eigenvalue weighted by Crippen LogP contribution is -2.32. The van der Waals surface area contributed by atoms with Crippen molar-refractivity contribution in [2.75, 3.05) is 56.3 Å². The lowest BCUT2D eigenvalue weighted by Gasteiger charge is -2.27. The van der Waals surface area contributed by atoms with Crippen LogP contribution in [0.4, 0.5) is 26.0 Å². The summed E-state index contributed by atoms with van der Waals surface area (Å²) in [6, 6.07) is 8.90. The van der Waals surface area contributed by atoms with Crippen LogP contribution in [0.1, 0.15) is 41.4 Å². The van der Waals surface area contributed by atoms with E-state index < -0.39 is 22.6 Å². The molecule has 13 heteroatoms. The first-order valence-corrected chi connectivity index (χ1v) is 15.2. The summed E-state index contributed by atoms with van der Waals surface area (Å²) in [4.78, 5) is 15.8. The van der Waals surface area contributed by atoms with Crippen LogP contribution in [0.25, 0.3) is 0 Å². The summed E-state index contributed by atoms with van der Waals surface area (Å²) in [5.41, 5.74) is 3.59. The molecule has 1 fully saturated rings. The van der Waals surface area contributed by atoms with Gasteiger partial charge in [0, 0.05) is 80.1 Å². The molecule has 10 nitrogen and oxygen atoms in total. The molecule has 2 aliphatic heterocycles. The average Bonchev–Trinajstić information content (AvgIpc) is 3.34. The number of ether oxygens (including phenoxy) is 1. The van der Waals surface area contributed by atoms with Gasteiger partial charge in [0.15, 0.2) is 5.82 Å². The van der Waals surface area contributed by atoms with Crippen molar-refractivity contribution < 1.29 is 22.5 Å². The maximum atomic E-state index is 13.8. The summed E-state index contributed by atoms with van der Waals surface area (Å²) in [7, 11) is 2.26. The summed E-state index contributed by atoms with van der Waals surface area (Å²) in [6.07, 6.45) is 2.17. The maximum Gasteiger partial charge on any atom is 0.258 e. The van der Waals surface area contributed by atoms with E-state index >= 15 is 0 Å². The third-order valence-corrected chi connectivity index (χ3v) is 8.72. The second-order valence-electron chi connectivity index (χ2n) is 11.1. The minimum atomic E-state index is -1.79. The molecule has 2 aromatic carbocycles. The average molecular weight is 602 g/mol. The second-order valence-corrected chi connectivity index (χ2v) is 12.5. The maximum absolute atomic E-state index is 13.8.